The number of hydrogen-bond acceptors (Lipinski definition) is 9. The normalized spacial score (nSPS) is 19.3. The van der Waals surface area contributed by atoms with Crippen molar-refractivity contribution in [2.75, 3.05) is 66.4 Å². The van der Waals surface area contributed by atoms with Crippen LogP contribution in [0.3, 0.4) is 0 Å². The molecule has 0 amide bonds. The van der Waals surface area contributed by atoms with E-state index in [1.165, 1.54) is 26.7 Å². The lowest BCUT2D eigenvalue weighted by molar-refractivity contribution is 0.162. The molecule has 9 nitrogen and oxygen atoms in total. The molecule has 2 aliphatic rings. The Morgan fingerprint density at radius 1 is 0.815 bits per heavy atom. The van der Waals surface area contributed by atoms with Gasteiger partial charge in [-0.05, 0) is 33.5 Å². The van der Waals surface area contributed by atoms with Gasteiger partial charge < -0.3 is 9.64 Å². The average Bonchev–Trinajstić information content (AvgIpc) is 3.27. The summed E-state index contributed by atoms with van der Waals surface area (Å²) in [5.41, 5.74) is 0. The van der Waals surface area contributed by atoms with Gasteiger partial charge in [0.25, 0.3) is 0 Å². The third kappa shape index (κ3) is 18.2. The second kappa shape index (κ2) is 18.5. The molecule has 0 saturated carbocycles. The van der Waals surface area contributed by atoms with Crippen LogP contribution in [-0.4, -0.2) is 71.3 Å². The van der Waals surface area contributed by atoms with E-state index in [-0.39, 0.29) is 0 Å². The summed E-state index contributed by atoms with van der Waals surface area (Å²) in [5, 5.41) is 0. The summed E-state index contributed by atoms with van der Waals surface area (Å²) >= 11 is 5.08. The van der Waals surface area contributed by atoms with Gasteiger partial charge in [0.2, 0.25) is 0 Å². The van der Waals surface area contributed by atoms with Crippen LogP contribution in [0.2, 0.25) is 0 Å². The van der Waals surface area contributed by atoms with Crippen molar-refractivity contribution in [2.45, 2.75) is 34.6 Å². The van der Waals surface area contributed by atoms with Crippen LogP contribution in [0.15, 0.2) is 0 Å². The Bertz CT molecular complexity index is 399. The van der Waals surface area contributed by atoms with Crippen LogP contribution in [-0.2, 0) is 36.5 Å². The zero-order valence-electron chi connectivity index (χ0n) is 17.3. The molecule has 0 aromatic heterocycles. The molecule has 0 unspecified atom stereocenters. The average molecular weight is 456 g/mol. The molecule has 0 aliphatic carbocycles. The smallest absolute Gasteiger partial charge is 0.382 e. The van der Waals surface area contributed by atoms with Crippen molar-refractivity contribution in [1.29, 1.82) is 0 Å². The van der Waals surface area contributed by atoms with E-state index in [9.17, 15) is 9.13 Å². The third-order valence-corrected chi connectivity index (χ3v) is 6.14. The molecule has 0 N–H and O–H groups in total. The Balaban J connectivity index is 0. The summed E-state index contributed by atoms with van der Waals surface area (Å²) in [6.07, 6.45) is 0. The van der Waals surface area contributed by atoms with Gasteiger partial charge in [0.1, 0.15) is 0 Å². The van der Waals surface area contributed by atoms with E-state index < -0.39 is 14.8 Å². The summed E-state index contributed by atoms with van der Waals surface area (Å²) < 4.78 is 48.4. The maximum atomic E-state index is 10.7. The predicted octanol–water partition coefficient (Wildman–Crippen LogP) is 4.56. The molecular formula is C15H36ClNO8P2. The minimum Gasteiger partial charge on any atom is -0.382 e. The second-order valence-corrected chi connectivity index (χ2v) is 9.19. The van der Waals surface area contributed by atoms with Crippen LogP contribution >= 0.6 is 26.0 Å². The predicted molar refractivity (Wildman–Crippen MR) is 108 cm³/mol. The van der Waals surface area contributed by atoms with E-state index >= 15 is 0 Å². The van der Waals surface area contributed by atoms with Crippen molar-refractivity contribution >= 4 is 26.0 Å². The van der Waals surface area contributed by atoms with Gasteiger partial charge in [-0.1, -0.05) is 20.8 Å². The highest BCUT2D eigenvalue weighted by Crippen LogP contribution is 2.56. The molecule has 12 heteroatoms. The van der Waals surface area contributed by atoms with Crippen LogP contribution in [0.25, 0.3) is 0 Å². The third-order valence-electron chi connectivity index (χ3n) is 3.13. The fourth-order valence-electron chi connectivity index (χ4n) is 1.65. The minimum atomic E-state index is -3.07. The highest BCUT2D eigenvalue weighted by atomic mass is 35.7. The summed E-state index contributed by atoms with van der Waals surface area (Å²) in [7, 11) is -1.75. The Kier molecular flexibility index (Phi) is 20.3. The molecule has 0 aromatic carbocycles. The van der Waals surface area contributed by atoms with E-state index in [0.29, 0.717) is 26.4 Å². The van der Waals surface area contributed by atoms with Gasteiger partial charge in [0.15, 0.2) is 0 Å². The minimum absolute atomic E-state index is 0.348. The molecule has 0 bridgehead atoms. The second-order valence-electron chi connectivity index (χ2n) is 4.79. The number of phosphoric ester groups is 1. The van der Waals surface area contributed by atoms with Gasteiger partial charge in [-0.25, -0.2) is 9.13 Å². The Morgan fingerprint density at radius 3 is 1.30 bits per heavy atom. The van der Waals surface area contributed by atoms with Crippen molar-refractivity contribution in [1.82, 2.24) is 4.90 Å². The Hall–Kier alpha value is 0.470. The van der Waals surface area contributed by atoms with E-state index in [0.717, 1.165) is 13.2 Å². The molecule has 2 heterocycles. The zero-order chi connectivity index (χ0) is 21.2. The van der Waals surface area contributed by atoms with Crippen molar-refractivity contribution in [3.8, 4) is 0 Å². The van der Waals surface area contributed by atoms with E-state index in [4.69, 9.17) is 16.0 Å². The van der Waals surface area contributed by atoms with Crippen molar-refractivity contribution < 1.29 is 36.5 Å². The zero-order valence-corrected chi connectivity index (χ0v) is 19.9. The number of halogens is 1. The van der Waals surface area contributed by atoms with E-state index in [1.54, 1.807) is 0 Å². The first-order chi connectivity index (χ1) is 12.7. The highest BCUT2D eigenvalue weighted by Gasteiger charge is 2.29. The number of rotatable bonds is 6. The molecule has 27 heavy (non-hydrogen) atoms. The molecule has 0 radical (unpaired) electrons. The SMILES string of the molecule is CCN(CC)CC.CCOCC.COP1(=O)OCCO1.O=P1(Cl)OCCO1. The molecular weight excluding hydrogens is 420 g/mol. The summed E-state index contributed by atoms with van der Waals surface area (Å²) in [5.74, 6) is 0. The first-order valence-electron chi connectivity index (χ1n) is 9.07. The molecule has 2 fully saturated rings. The lowest BCUT2D eigenvalue weighted by Crippen LogP contribution is -2.21. The van der Waals surface area contributed by atoms with Gasteiger partial charge in [-0.3, -0.25) is 22.6 Å². The Labute approximate surface area is 168 Å². The molecule has 166 valence electrons. The number of phosphoric acid groups is 1. The fraction of sp³-hybridized carbons (Fsp3) is 1.00. The van der Waals surface area contributed by atoms with Crippen LogP contribution in [0.1, 0.15) is 34.6 Å². The van der Waals surface area contributed by atoms with Crippen LogP contribution < -0.4 is 0 Å². The fourth-order valence-corrected chi connectivity index (χ4v) is 3.60. The van der Waals surface area contributed by atoms with Crippen LogP contribution in [0.4, 0.5) is 0 Å². The van der Waals surface area contributed by atoms with Crippen molar-refractivity contribution in [2.24, 2.45) is 0 Å². The summed E-state index contributed by atoms with van der Waals surface area (Å²) in [4.78, 5) is 2.38. The van der Waals surface area contributed by atoms with E-state index in [2.05, 4.69) is 48.3 Å². The highest BCUT2D eigenvalue weighted by molar-refractivity contribution is 7.81. The lowest BCUT2D eigenvalue weighted by Gasteiger charge is -2.13. The number of hydrogen-bond donors (Lipinski definition) is 0. The van der Waals surface area contributed by atoms with Gasteiger partial charge in [0.05, 0.1) is 26.4 Å². The summed E-state index contributed by atoms with van der Waals surface area (Å²) in [6, 6.07) is 0. The van der Waals surface area contributed by atoms with Gasteiger partial charge >= 0.3 is 14.8 Å². The first kappa shape index (κ1) is 29.7. The van der Waals surface area contributed by atoms with Crippen molar-refractivity contribution in [3.05, 3.63) is 0 Å². The molecule has 0 atom stereocenters. The topological polar surface area (TPSA) is 92.8 Å². The summed E-state index contributed by atoms with van der Waals surface area (Å²) in [6.45, 7) is 14.1. The molecule has 2 saturated heterocycles. The lowest BCUT2D eigenvalue weighted by atomic mass is 10.5. The monoisotopic (exact) mass is 455 g/mol. The van der Waals surface area contributed by atoms with Gasteiger partial charge in [0, 0.05) is 31.6 Å². The molecule has 0 spiro atoms. The van der Waals surface area contributed by atoms with Crippen molar-refractivity contribution in [3.63, 3.8) is 0 Å². The van der Waals surface area contributed by atoms with Gasteiger partial charge in [-0.2, -0.15) is 0 Å². The molecule has 2 aliphatic heterocycles. The Morgan fingerprint density at radius 2 is 1.19 bits per heavy atom. The molecule has 0 aromatic rings. The van der Waals surface area contributed by atoms with Crippen LogP contribution in [0.5, 0.6) is 0 Å². The number of nitrogens with zero attached hydrogens (tertiary/aromatic N) is 1. The first-order valence-corrected chi connectivity index (χ1v) is 13.0. The quantitative estimate of drug-likeness (QED) is 0.534. The molecule has 2 rings (SSSR count). The number of ether oxygens (including phenoxy) is 1. The standard InChI is InChI=1S/C6H15N.C4H10O.C3H7O4P.C2H4ClO3P/c1-4-7(5-2)6-3;1-3-5-4-2;1-5-8(4)6-2-3-7-8;3-7(4)5-1-2-6-7/h4-6H2,1-3H3;3-4H2,1-2H3;2-3H2,1H3;1-2H2. The van der Waals surface area contributed by atoms with Crippen LogP contribution in [0, 0.1) is 0 Å². The largest absolute Gasteiger partial charge is 0.474 e. The van der Waals surface area contributed by atoms with Gasteiger partial charge in [-0.15, -0.1) is 0 Å². The maximum Gasteiger partial charge on any atom is 0.474 e. The maximum absolute atomic E-state index is 10.7. The van der Waals surface area contributed by atoms with E-state index in [1.807, 2.05) is 13.8 Å².